The van der Waals surface area contributed by atoms with Crippen molar-refractivity contribution < 1.29 is 23.9 Å². The Bertz CT molecular complexity index is 1360. The number of nitrogens with two attached hydrogens (primary N) is 1. The van der Waals surface area contributed by atoms with Gasteiger partial charge >= 0.3 is 5.97 Å². The molecular formula is C25H19N3O6. The molecule has 4 rings (SSSR count). The van der Waals surface area contributed by atoms with Crippen LogP contribution in [0.2, 0.25) is 0 Å². The summed E-state index contributed by atoms with van der Waals surface area (Å²) in [6.45, 7) is 2.37. The van der Waals surface area contributed by atoms with E-state index in [9.17, 15) is 20.2 Å². The number of fused-ring (bicyclic) bond motifs is 1. The van der Waals surface area contributed by atoms with Crippen LogP contribution in [0.1, 0.15) is 34.3 Å². The van der Waals surface area contributed by atoms with E-state index in [1.165, 1.54) is 36.4 Å². The first-order chi connectivity index (χ1) is 16.4. The summed E-state index contributed by atoms with van der Waals surface area (Å²) >= 11 is 0. The molecule has 3 aromatic carbocycles. The van der Waals surface area contributed by atoms with Gasteiger partial charge in [-0.15, -0.1) is 0 Å². The second-order valence-electron chi connectivity index (χ2n) is 7.29. The summed E-state index contributed by atoms with van der Waals surface area (Å²) in [5.74, 6) is -0.407. The molecule has 0 fully saturated rings. The summed E-state index contributed by atoms with van der Waals surface area (Å²) in [6.07, 6.45) is 0. The molecule has 2 N–H and O–H groups in total. The molecule has 34 heavy (non-hydrogen) atoms. The van der Waals surface area contributed by atoms with Crippen molar-refractivity contribution in [3.63, 3.8) is 0 Å². The van der Waals surface area contributed by atoms with Crippen molar-refractivity contribution in [2.75, 3.05) is 6.61 Å². The third-order valence-corrected chi connectivity index (χ3v) is 5.22. The van der Waals surface area contributed by atoms with E-state index in [-0.39, 0.29) is 28.5 Å². The molecule has 0 saturated carbocycles. The molecule has 0 saturated heterocycles. The number of ether oxygens (including phenoxy) is 3. The molecule has 1 atom stereocenters. The second-order valence-corrected chi connectivity index (χ2v) is 7.29. The first-order valence-electron chi connectivity index (χ1n) is 10.3. The number of carbonyl (C=O) groups excluding carboxylic acids is 1. The number of allylic oxidation sites excluding steroid dienone is 1. The maximum atomic E-state index is 12.6. The van der Waals surface area contributed by atoms with Crippen LogP contribution in [0.4, 0.5) is 5.69 Å². The molecule has 0 bridgehead atoms. The van der Waals surface area contributed by atoms with Gasteiger partial charge in [-0.05, 0) is 36.8 Å². The molecule has 0 aliphatic carbocycles. The van der Waals surface area contributed by atoms with Crippen LogP contribution >= 0.6 is 0 Å². The summed E-state index contributed by atoms with van der Waals surface area (Å²) in [6, 6.07) is 19.6. The fraction of sp³-hybridized carbons (Fsp3) is 0.120. The van der Waals surface area contributed by atoms with Crippen molar-refractivity contribution in [3.05, 3.63) is 105 Å². The molecule has 0 radical (unpaired) electrons. The van der Waals surface area contributed by atoms with Crippen LogP contribution in [0.15, 0.2) is 78.2 Å². The quantitative estimate of drug-likeness (QED) is 0.248. The molecule has 1 aliphatic rings. The lowest BCUT2D eigenvalue weighted by Crippen LogP contribution is -2.21. The molecule has 0 spiro atoms. The predicted molar refractivity (Wildman–Crippen MR) is 121 cm³/mol. The standard InChI is InChI=1S/C25H19N3O6/c1-2-32-16-7-5-6-15(12-16)23-19-11-10-17(13-22(19)34-24(27)20(23)14-26)33-25(29)18-8-3-4-9-21(18)28(30)31/h3-13,23H,2,27H2,1H3. The number of carbonyl (C=O) groups is 1. The number of nitro benzene ring substituents is 1. The van der Waals surface area contributed by atoms with Crippen LogP contribution in [-0.2, 0) is 0 Å². The van der Waals surface area contributed by atoms with Crippen molar-refractivity contribution in [2.45, 2.75) is 12.8 Å². The van der Waals surface area contributed by atoms with E-state index in [4.69, 9.17) is 19.9 Å². The van der Waals surface area contributed by atoms with Gasteiger partial charge in [-0.1, -0.05) is 30.3 Å². The first-order valence-corrected chi connectivity index (χ1v) is 10.3. The minimum absolute atomic E-state index is 0.0658. The number of para-hydroxylation sites is 1. The highest BCUT2D eigenvalue weighted by molar-refractivity contribution is 5.95. The Balaban J connectivity index is 1.70. The van der Waals surface area contributed by atoms with E-state index in [2.05, 4.69) is 6.07 Å². The van der Waals surface area contributed by atoms with E-state index in [0.717, 1.165) is 5.56 Å². The average molecular weight is 457 g/mol. The third-order valence-electron chi connectivity index (χ3n) is 5.22. The topological polar surface area (TPSA) is 138 Å². The smallest absolute Gasteiger partial charge is 0.350 e. The summed E-state index contributed by atoms with van der Waals surface area (Å²) in [5, 5.41) is 21.0. The molecule has 0 amide bonds. The van der Waals surface area contributed by atoms with Crippen LogP contribution in [0.5, 0.6) is 17.2 Å². The normalized spacial score (nSPS) is 14.4. The molecule has 1 unspecified atom stereocenters. The molecule has 9 heteroatoms. The summed E-state index contributed by atoms with van der Waals surface area (Å²) in [5.41, 5.74) is 7.17. The lowest BCUT2D eigenvalue weighted by atomic mass is 9.83. The lowest BCUT2D eigenvalue weighted by Gasteiger charge is -2.27. The highest BCUT2D eigenvalue weighted by Crippen LogP contribution is 2.44. The SMILES string of the molecule is CCOc1cccc(C2C(C#N)=C(N)Oc3cc(OC(=O)c4ccccc4[N+](=O)[O-])ccc32)c1. The zero-order valence-corrected chi connectivity index (χ0v) is 18.1. The second kappa shape index (κ2) is 9.34. The van der Waals surface area contributed by atoms with E-state index < -0.39 is 16.8 Å². The molecule has 3 aromatic rings. The van der Waals surface area contributed by atoms with Crippen molar-refractivity contribution in [1.82, 2.24) is 0 Å². The third kappa shape index (κ3) is 4.25. The van der Waals surface area contributed by atoms with Crippen molar-refractivity contribution in [3.8, 4) is 23.3 Å². The van der Waals surface area contributed by atoms with Crippen LogP contribution in [-0.4, -0.2) is 17.5 Å². The Morgan fingerprint density at radius 1 is 1.15 bits per heavy atom. The van der Waals surface area contributed by atoms with E-state index in [1.54, 1.807) is 6.07 Å². The van der Waals surface area contributed by atoms with Gasteiger partial charge in [0.1, 0.15) is 34.5 Å². The monoisotopic (exact) mass is 457 g/mol. The molecular weight excluding hydrogens is 438 g/mol. The molecule has 0 aromatic heterocycles. The van der Waals surface area contributed by atoms with Gasteiger partial charge in [-0.25, -0.2) is 4.79 Å². The summed E-state index contributed by atoms with van der Waals surface area (Å²) in [7, 11) is 0. The zero-order chi connectivity index (χ0) is 24.2. The largest absolute Gasteiger partial charge is 0.494 e. The van der Waals surface area contributed by atoms with E-state index in [0.29, 0.717) is 23.7 Å². The van der Waals surface area contributed by atoms with Crippen molar-refractivity contribution >= 4 is 11.7 Å². The predicted octanol–water partition coefficient (Wildman–Crippen LogP) is 4.43. The summed E-state index contributed by atoms with van der Waals surface area (Å²) in [4.78, 5) is 23.2. The minimum atomic E-state index is -0.884. The van der Waals surface area contributed by atoms with Gasteiger partial charge in [0.2, 0.25) is 5.88 Å². The van der Waals surface area contributed by atoms with Crippen LogP contribution < -0.4 is 19.9 Å². The van der Waals surface area contributed by atoms with E-state index in [1.807, 2.05) is 31.2 Å². The average Bonchev–Trinajstić information content (AvgIpc) is 2.83. The van der Waals surface area contributed by atoms with Gasteiger partial charge in [0.15, 0.2) is 0 Å². The number of nitrogens with zero attached hydrogens (tertiary/aromatic N) is 2. The molecule has 170 valence electrons. The number of hydrogen-bond acceptors (Lipinski definition) is 8. The van der Waals surface area contributed by atoms with Gasteiger partial charge in [-0.3, -0.25) is 10.1 Å². The maximum absolute atomic E-state index is 12.6. The van der Waals surface area contributed by atoms with Gasteiger partial charge in [0.25, 0.3) is 5.69 Å². The molecule has 1 heterocycles. The number of hydrogen-bond donors (Lipinski definition) is 1. The Morgan fingerprint density at radius 3 is 2.68 bits per heavy atom. The first kappa shape index (κ1) is 22.4. The molecule has 9 nitrogen and oxygen atoms in total. The number of nitro groups is 1. The lowest BCUT2D eigenvalue weighted by molar-refractivity contribution is -0.385. The maximum Gasteiger partial charge on any atom is 0.350 e. The van der Waals surface area contributed by atoms with Gasteiger partial charge < -0.3 is 19.9 Å². The van der Waals surface area contributed by atoms with Crippen molar-refractivity contribution in [1.29, 1.82) is 5.26 Å². The fourth-order valence-corrected chi connectivity index (χ4v) is 3.76. The summed E-state index contributed by atoms with van der Waals surface area (Å²) < 4.78 is 16.6. The van der Waals surface area contributed by atoms with Crippen LogP contribution in [0.25, 0.3) is 0 Å². The fourth-order valence-electron chi connectivity index (χ4n) is 3.76. The van der Waals surface area contributed by atoms with E-state index >= 15 is 0 Å². The number of esters is 1. The Morgan fingerprint density at radius 2 is 1.94 bits per heavy atom. The van der Waals surface area contributed by atoms with Crippen LogP contribution in [0, 0.1) is 21.4 Å². The van der Waals surface area contributed by atoms with Crippen molar-refractivity contribution in [2.24, 2.45) is 5.73 Å². The Labute approximate surface area is 194 Å². The minimum Gasteiger partial charge on any atom is -0.494 e. The van der Waals surface area contributed by atoms with Crippen LogP contribution in [0.3, 0.4) is 0 Å². The Kier molecular flexibility index (Phi) is 6.14. The Hall–Kier alpha value is -4.84. The number of nitriles is 1. The molecule has 1 aliphatic heterocycles. The van der Waals surface area contributed by atoms with Gasteiger partial charge in [0.05, 0.1) is 17.4 Å². The zero-order valence-electron chi connectivity index (χ0n) is 18.1. The van der Waals surface area contributed by atoms with Gasteiger partial charge in [-0.2, -0.15) is 5.26 Å². The van der Waals surface area contributed by atoms with Gasteiger partial charge in [0, 0.05) is 17.7 Å². The highest BCUT2D eigenvalue weighted by Gasteiger charge is 2.31. The number of rotatable bonds is 6. The highest BCUT2D eigenvalue weighted by atomic mass is 16.6. The number of benzene rings is 3.